The van der Waals surface area contributed by atoms with E-state index in [1.54, 1.807) is 0 Å². The first-order valence-corrected chi connectivity index (χ1v) is 7.01. The van der Waals surface area contributed by atoms with E-state index in [0.717, 1.165) is 18.7 Å². The Balaban J connectivity index is 2.55. The molecule has 2 heteroatoms. The van der Waals surface area contributed by atoms with E-state index in [1.807, 2.05) is 30.3 Å². The molecular formula is C16H25NO. The van der Waals surface area contributed by atoms with Gasteiger partial charge in [-0.15, -0.1) is 0 Å². The van der Waals surface area contributed by atoms with Gasteiger partial charge in [0.05, 0.1) is 6.54 Å². The quantitative estimate of drug-likeness (QED) is 0.654. The second-order valence-electron chi connectivity index (χ2n) is 4.80. The molecule has 0 aliphatic carbocycles. The molecule has 0 aliphatic rings. The van der Waals surface area contributed by atoms with Gasteiger partial charge in [-0.25, -0.2) is 0 Å². The summed E-state index contributed by atoms with van der Waals surface area (Å²) in [4.78, 5) is 14.4. The SMILES string of the molecule is CCC(CC)CN(CC)CC(=O)c1ccccc1. The number of rotatable bonds is 8. The first-order valence-electron chi connectivity index (χ1n) is 7.01. The molecule has 0 aliphatic heterocycles. The number of hydrogen-bond donors (Lipinski definition) is 0. The minimum atomic E-state index is 0.225. The maximum Gasteiger partial charge on any atom is 0.176 e. The molecule has 0 saturated heterocycles. The molecule has 0 unspecified atom stereocenters. The molecule has 1 aromatic rings. The first kappa shape index (κ1) is 14.9. The Kier molecular flexibility index (Phi) is 6.66. The Labute approximate surface area is 111 Å². The van der Waals surface area contributed by atoms with Crippen molar-refractivity contribution in [3.05, 3.63) is 35.9 Å². The van der Waals surface area contributed by atoms with Gasteiger partial charge in [0.15, 0.2) is 5.78 Å². The minimum Gasteiger partial charge on any atom is -0.296 e. The highest BCUT2D eigenvalue weighted by Crippen LogP contribution is 2.10. The van der Waals surface area contributed by atoms with Crippen molar-refractivity contribution in [3.8, 4) is 0 Å². The van der Waals surface area contributed by atoms with Crippen LogP contribution in [0.2, 0.25) is 0 Å². The second-order valence-corrected chi connectivity index (χ2v) is 4.80. The third kappa shape index (κ3) is 4.61. The van der Waals surface area contributed by atoms with E-state index < -0.39 is 0 Å². The Hall–Kier alpha value is -1.15. The molecule has 1 aromatic carbocycles. The van der Waals surface area contributed by atoms with E-state index in [1.165, 1.54) is 12.8 Å². The van der Waals surface area contributed by atoms with E-state index in [9.17, 15) is 4.79 Å². The number of nitrogens with zero attached hydrogens (tertiary/aromatic N) is 1. The van der Waals surface area contributed by atoms with E-state index in [2.05, 4.69) is 25.7 Å². The van der Waals surface area contributed by atoms with Gasteiger partial charge in [-0.2, -0.15) is 0 Å². The Morgan fingerprint density at radius 3 is 2.22 bits per heavy atom. The van der Waals surface area contributed by atoms with Crippen molar-refractivity contribution in [3.63, 3.8) is 0 Å². The summed E-state index contributed by atoms with van der Waals surface area (Å²) < 4.78 is 0. The van der Waals surface area contributed by atoms with Crippen LogP contribution in [0, 0.1) is 5.92 Å². The zero-order valence-electron chi connectivity index (χ0n) is 11.9. The Bertz CT molecular complexity index is 343. The average molecular weight is 247 g/mol. The molecule has 0 spiro atoms. The smallest absolute Gasteiger partial charge is 0.176 e. The summed E-state index contributed by atoms with van der Waals surface area (Å²) >= 11 is 0. The van der Waals surface area contributed by atoms with E-state index in [4.69, 9.17) is 0 Å². The molecule has 0 aromatic heterocycles. The van der Waals surface area contributed by atoms with Gasteiger partial charge in [-0.3, -0.25) is 9.69 Å². The van der Waals surface area contributed by atoms with E-state index in [-0.39, 0.29) is 5.78 Å². The lowest BCUT2D eigenvalue weighted by atomic mass is 10.0. The van der Waals surface area contributed by atoms with E-state index >= 15 is 0 Å². The Morgan fingerprint density at radius 1 is 1.11 bits per heavy atom. The number of carbonyl (C=O) groups is 1. The normalized spacial score (nSPS) is 11.2. The Morgan fingerprint density at radius 2 is 1.72 bits per heavy atom. The summed E-state index contributed by atoms with van der Waals surface area (Å²) in [6, 6.07) is 9.58. The standard InChI is InChI=1S/C16H25NO/c1-4-14(5-2)12-17(6-3)13-16(18)15-10-8-7-9-11-15/h7-11,14H,4-6,12-13H2,1-3H3. The van der Waals surface area contributed by atoms with Gasteiger partial charge in [-0.05, 0) is 12.5 Å². The van der Waals surface area contributed by atoms with Crippen LogP contribution in [0.15, 0.2) is 30.3 Å². The average Bonchev–Trinajstić information content (AvgIpc) is 2.44. The molecule has 0 fully saturated rings. The topological polar surface area (TPSA) is 20.3 Å². The highest BCUT2D eigenvalue weighted by molar-refractivity contribution is 5.97. The predicted molar refractivity (Wildman–Crippen MR) is 77.0 cm³/mol. The number of likely N-dealkylation sites (N-methyl/N-ethyl adjacent to an activating group) is 1. The van der Waals surface area contributed by atoms with Crippen LogP contribution in [-0.4, -0.2) is 30.3 Å². The highest BCUT2D eigenvalue weighted by Gasteiger charge is 2.14. The maximum atomic E-state index is 12.1. The number of benzene rings is 1. The monoisotopic (exact) mass is 247 g/mol. The number of carbonyl (C=O) groups excluding carboxylic acids is 1. The molecule has 0 radical (unpaired) electrons. The van der Waals surface area contributed by atoms with Crippen LogP contribution in [0.25, 0.3) is 0 Å². The van der Waals surface area contributed by atoms with Gasteiger partial charge in [-0.1, -0.05) is 63.9 Å². The summed E-state index contributed by atoms with van der Waals surface area (Å²) in [6.45, 7) is 9.08. The molecule has 18 heavy (non-hydrogen) atoms. The van der Waals surface area contributed by atoms with Gasteiger partial charge in [0.25, 0.3) is 0 Å². The van der Waals surface area contributed by atoms with Gasteiger partial charge < -0.3 is 0 Å². The highest BCUT2D eigenvalue weighted by atomic mass is 16.1. The summed E-state index contributed by atoms with van der Waals surface area (Å²) in [5.74, 6) is 0.928. The van der Waals surface area contributed by atoms with Crippen LogP contribution in [0.5, 0.6) is 0 Å². The molecule has 0 atom stereocenters. The fourth-order valence-corrected chi connectivity index (χ4v) is 2.14. The molecule has 2 nitrogen and oxygen atoms in total. The van der Waals surface area contributed by atoms with Crippen molar-refractivity contribution < 1.29 is 4.79 Å². The summed E-state index contributed by atoms with van der Waals surface area (Å²) in [5.41, 5.74) is 0.820. The van der Waals surface area contributed by atoms with Crippen molar-refractivity contribution in [1.82, 2.24) is 4.90 Å². The number of ketones is 1. The fourth-order valence-electron chi connectivity index (χ4n) is 2.14. The van der Waals surface area contributed by atoms with E-state index in [0.29, 0.717) is 12.5 Å². The first-order chi connectivity index (χ1) is 8.71. The zero-order valence-corrected chi connectivity index (χ0v) is 11.9. The molecule has 0 heterocycles. The lowest BCUT2D eigenvalue weighted by Gasteiger charge is -2.24. The summed E-state index contributed by atoms with van der Waals surface area (Å²) in [7, 11) is 0. The lowest BCUT2D eigenvalue weighted by Crippen LogP contribution is -2.34. The zero-order chi connectivity index (χ0) is 13.4. The third-order valence-electron chi connectivity index (χ3n) is 3.58. The number of hydrogen-bond acceptors (Lipinski definition) is 2. The largest absolute Gasteiger partial charge is 0.296 e. The summed E-state index contributed by atoms with van der Waals surface area (Å²) in [5, 5.41) is 0. The van der Waals surface area contributed by atoms with Crippen LogP contribution in [0.1, 0.15) is 44.0 Å². The fraction of sp³-hybridized carbons (Fsp3) is 0.562. The van der Waals surface area contributed by atoms with Crippen LogP contribution in [-0.2, 0) is 0 Å². The number of Topliss-reactive ketones (excluding diaryl/α,β-unsaturated/α-hetero) is 1. The second kappa shape index (κ2) is 8.04. The van der Waals surface area contributed by atoms with Crippen molar-refractivity contribution >= 4 is 5.78 Å². The van der Waals surface area contributed by atoms with Gasteiger partial charge in [0, 0.05) is 12.1 Å². The van der Waals surface area contributed by atoms with Crippen molar-refractivity contribution in [2.24, 2.45) is 5.92 Å². The van der Waals surface area contributed by atoms with Crippen LogP contribution < -0.4 is 0 Å². The maximum absolute atomic E-state index is 12.1. The predicted octanol–water partition coefficient (Wildman–Crippen LogP) is 3.63. The third-order valence-corrected chi connectivity index (χ3v) is 3.58. The van der Waals surface area contributed by atoms with Crippen molar-refractivity contribution in [2.45, 2.75) is 33.6 Å². The minimum absolute atomic E-state index is 0.225. The molecule has 0 N–H and O–H groups in total. The molecule has 0 saturated carbocycles. The van der Waals surface area contributed by atoms with Crippen molar-refractivity contribution in [2.75, 3.05) is 19.6 Å². The molecule has 0 amide bonds. The molecule has 0 bridgehead atoms. The molecule has 1 rings (SSSR count). The van der Waals surface area contributed by atoms with Gasteiger partial charge in [0.2, 0.25) is 0 Å². The van der Waals surface area contributed by atoms with Gasteiger partial charge >= 0.3 is 0 Å². The van der Waals surface area contributed by atoms with Crippen LogP contribution >= 0.6 is 0 Å². The lowest BCUT2D eigenvalue weighted by molar-refractivity contribution is 0.0920. The summed E-state index contributed by atoms with van der Waals surface area (Å²) in [6.07, 6.45) is 2.37. The van der Waals surface area contributed by atoms with Gasteiger partial charge in [0.1, 0.15) is 0 Å². The van der Waals surface area contributed by atoms with Crippen LogP contribution in [0.3, 0.4) is 0 Å². The van der Waals surface area contributed by atoms with Crippen molar-refractivity contribution in [1.29, 1.82) is 0 Å². The molecule has 100 valence electrons. The van der Waals surface area contributed by atoms with Crippen LogP contribution in [0.4, 0.5) is 0 Å². The molecular weight excluding hydrogens is 222 g/mol.